The van der Waals surface area contributed by atoms with Gasteiger partial charge in [-0.05, 0) is 43.1 Å². The highest BCUT2D eigenvalue weighted by atomic mass is 32.2. The fourth-order valence-electron chi connectivity index (χ4n) is 5.01. The molecule has 3 aliphatic rings. The lowest BCUT2D eigenvalue weighted by Crippen LogP contribution is -2.36. The largest absolute Gasteiger partial charge is 0.487 e. The van der Waals surface area contributed by atoms with Gasteiger partial charge in [-0.2, -0.15) is 0 Å². The number of aliphatic carboxylic acids is 1. The average molecular weight is 501 g/mol. The minimum Gasteiger partial charge on any atom is -0.487 e. The Hall–Kier alpha value is -3.24. The second-order valence-corrected chi connectivity index (χ2v) is 11.4. The summed E-state index contributed by atoms with van der Waals surface area (Å²) >= 11 is 0. The zero-order valence-corrected chi connectivity index (χ0v) is 19.7. The number of rotatable bonds is 7. The zero-order valence-electron chi connectivity index (χ0n) is 18.9. The van der Waals surface area contributed by atoms with Gasteiger partial charge in [-0.25, -0.2) is 12.8 Å². The molecule has 0 bridgehead atoms. The molecule has 0 radical (unpaired) electrons. The third-order valence-electron chi connectivity index (χ3n) is 6.69. The number of fused-ring (bicyclic) bond motifs is 2. The number of amides is 1. The average Bonchev–Trinajstić information content (AvgIpc) is 3.46. The third kappa shape index (κ3) is 4.81. The number of halogens is 1. The molecule has 1 saturated heterocycles. The molecule has 2 aromatic carbocycles. The number of hydrogen-bond acceptors (Lipinski definition) is 6. The molecule has 3 heterocycles. The summed E-state index contributed by atoms with van der Waals surface area (Å²) in [5, 5.41) is 11.7. The van der Waals surface area contributed by atoms with Crippen LogP contribution in [0.15, 0.2) is 36.4 Å². The Morgan fingerprint density at radius 3 is 2.77 bits per heavy atom. The highest BCUT2D eigenvalue weighted by molar-refractivity contribution is 7.91. The molecule has 184 valence electrons. The lowest BCUT2D eigenvalue weighted by atomic mass is 9.98. The van der Waals surface area contributed by atoms with Crippen LogP contribution in [0.5, 0.6) is 0 Å². The predicted octanol–water partition coefficient (Wildman–Crippen LogP) is 3.03. The number of ether oxygens (including phenoxy) is 1. The molecule has 1 fully saturated rings. The Morgan fingerprint density at radius 2 is 2.03 bits per heavy atom. The number of nitrogens with one attached hydrogen (secondary N) is 1. The topological polar surface area (TPSA) is 113 Å². The predicted molar refractivity (Wildman–Crippen MR) is 127 cm³/mol. The first-order chi connectivity index (χ1) is 16.7. The fraction of sp³-hybridized carbons (Fsp3) is 0.360. The van der Waals surface area contributed by atoms with Crippen molar-refractivity contribution in [2.24, 2.45) is 0 Å². The Labute approximate surface area is 202 Å². The van der Waals surface area contributed by atoms with Crippen molar-refractivity contribution in [1.82, 2.24) is 4.90 Å². The van der Waals surface area contributed by atoms with Gasteiger partial charge in [0.05, 0.1) is 17.1 Å². The van der Waals surface area contributed by atoms with E-state index in [-0.39, 0.29) is 36.5 Å². The van der Waals surface area contributed by atoms with Crippen LogP contribution in [0.2, 0.25) is 0 Å². The van der Waals surface area contributed by atoms with Gasteiger partial charge in [0.25, 0.3) is 5.91 Å². The maximum atomic E-state index is 13.9. The summed E-state index contributed by atoms with van der Waals surface area (Å²) in [6.07, 6.45) is 0.987. The third-order valence-corrected chi connectivity index (χ3v) is 8.44. The first-order valence-electron chi connectivity index (χ1n) is 11.5. The maximum Gasteiger partial charge on any atom is 0.303 e. The monoisotopic (exact) mass is 500 g/mol. The molecule has 0 saturated carbocycles. The van der Waals surface area contributed by atoms with E-state index < -0.39 is 21.6 Å². The summed E-state index contributed by atoms with van der Waals surface area (Å²) in [5.41, 5.74) is 3.90. The van der Waals surface area contributed by atoms with Crippen LogP contribution in [0.1, 0.15) is 41.5 Å². The van der Waals surface area contributed by atoms with Crippen LogP contribution in [-0.4, -0.2) is 54.4 Å². The van der Waals surface area contributed by atoms with Crippen LogP contribution < -0.4 is 5.32 Å². The molecular formula is C25H25FN2O6S. The number of carboxylic acid groups (broad SMARTS) is 1. The van der Waals surface area contributed by atoms with Gasteiger partial charge in [0.1, 0.15) is 18.2 Å². The summed E-state index contributed by atoms with van der Waals surface area (Å²) < 4.78 is 43.8. The van der Waals surface area contributed by atoms with Gasteiger partial charge >= 0.3 is 5.97 Å². The number of hydrogen-bond donors (Lipinski definition) is 2. The lowest BCUT2D eigenvalue weighted by molar-refractivity contribution is -0.137. The van der Waals surface area contributed by atoms with Crippen LogP contribution in [0.3, 0.4) is 0 Å². The second-order valence-electron chi connectivity index (χ2n) is 9.15. The van der Waals surface area contributed by atoms with E-state index in [1.165, 1.54) is 18.2 Å². The number of benzene rings is 2. The van der Waals surface area contributed by atoms with Crippen molar-refractivity contribution in [2.75, 3.05) is 23.4 Å². The van der Waals surface area contributed by atoms with E-state index in [1.807, 2.05) is 23.1 Å². The smallest absolute Gasteiger partial charge is 0.303 e. The SMILES string of the molecule is O=C(O)CCCN(Cc1ccc2c(c1)COC2=C1C(=O)Nc2ccc(F)cc21)C1CCS(=O)(=O)C1. The second kappa shape index (κ2) is 9.09. The summed E-state index contributed by atoms with van der Waals surface area (Å²) in [6.45, 7) is 1.22. The first kappa shape index (κ1) is 23.5. The van der Waals surface area contributed by atoms with E-state index in [4.69, 9.17) is 9.84 Å². The Morgan fingerprint density at radius 1 is 1.20 bits per heavy atom. The standard InChI is InChI=1S/C25H25FN2O6S/c26-17-4-6-21-20(11-17)23(25(31)27-21)24-19-5-3-15(10-16(19)13-34-24)12-28(8-1-2-22(29)30)18-7-9-35(32,33)14-18/h3-6,10-11,18H,1-2,7-9,12-14H2,(H,27,31)(H,29,30). The Bertz CT molecular complexity index is 1350. The molecule has 8 nitrogen and oxygen atoms in total. The number of anilines is 1. The summed E-state index contributed by atoms with van der Waals surface area (Å²) in [5.74, 6) is -1.03. The molecule has 0 spiro atoms. The molecule has 1 unspecified atom stereocenters. The minimum atomic E-state index is -3.08. The normalized spacial score (nSPS) is 22.1. The summed E-state index contributed by atoms with van der Waals surface area (Å²) in [7, 11) is -3.08. The maximum absolute atomic E-state index is 13.9. The van der Waals surface area contributed by atoms with E-state index in [2.05, 4.69) is 5.32 Å². The first-order valence-corrected chi connectivity index (χ1v) is 13.3. The van der Waals surface area contributed by atoms with E-state index >= 15 is 0 Å². The van der Waals surface area contributed by atoms with Gasteiger partial charge in [-0.1, -0.05) is 18.2 Å². The van der Waals surface area contributed by atoms with E-state index in [1.54, 1.807) is 0 Å². The van der Waals surface area contributed by atoms with E-state index in [0.717, 1.165) is 16.7 Å². The summed E-state index contributed by atoms with van der Waals surface area (Å²) in [6, 6.07) is 9.72. The van der Waals surface area contributed by atoms with Crippen LogP contribution in [0, 0.1) is 5.82 Å². The molecular weight excluding hydrogens is 475 g/mol. The molecule has 0 aliphatic carbocycles. The van der Waals surface area contributed by atoms with Crippen molar-refractivity contribution in [3.05, 3.63) is 64.5 Å². The van der Waals surface area contributed by atoms with Crippen molar-refractivity contribution < 1.29 is 32.2 Å². The molecule has 35 heavy (non-hydrogen) atoms. The van der Waals surface area contributed by atoms with Gasteiger partial charge in [0.15, 0.2) is 9.84 Å². The van der Waals surface area contributed by atoms with Crippen molar-refractivity contribution >= 4 is 38.7 Å². The zero-order chi connectivity index (χ0) is 24.7. The number of carbonyl (C=O) groups is 2. The number of carbonyl (C=O) groups excluding carboxylic acids is 1. The number of carboxylic acids is 1. The molecule has 1 amide bonds. The van der Waals surface area contributed by atoms with E-state index in [0.29, 0.717) is 48.5 Å². The molecule has 3 aliphatic heterocycles. The molecule has 1 atom stereocenters. The minimum absolute atomic E-state index is 0.0229. The molecule has 5 rings (SSSR count). The van der Waals surface area contributed by atoms with Gasteiger partial charge in [0, 0.05) is 41.4 Å². The van der Waals surface area contributed by atoms with Gasteiger partial charge < -0.3 is 15.2 Å². The van der Waals surface area contributed by atoms with Crippen LogP contribution in [-0.2, 0) is 37.3 Å². The highest BCUT2D eigenvalue weighted by Gasteiger charge is 2.34. The van der Waals surface area contributed by atoms with Crippen LogP contribution in [0.25, 0.3) is 11.3 Å². The quantitative estimate of drug-likeness (QED) is 0.562. The van der Waals surface area contributed by atoms with Gasteiger partial charge in [-0.3, -0.25) is 14.5 Å². The van der Waals surface area contributed by atoms with Crippen molar-refractivity contribution in [3.63, 3.8) is 0 Å². The summed E-state index contributed by atoms with van der Waals surface area (Å²) in [4.78, 5) is 25.6. The fourth-order valence-corrected chi connectivity index (χ4v) is 6.77. The Kier molecular flexibility index (Phi) is 6.10. The Balaban J connectivity index is 1.41. The van der Waals surface area contributed by atoms with Crippen LogP contribution in [0.4, 0.5) is 10.1 Å². The number of sulfone groups is 1. The lowest BCUT2D eigenvalue weighted by Gasteiger charge is -2.28. The number of nitrogens with zero attached hydrogens (tertiary/aromatic N) is 1. The molecule has 2 N–H and O–H groups in total. The van der Waals surface area contributed by atoms with Gasteiger partial charge in [-0.15, -0.1) is 0 Å². The van der Waals surface area contributed by atoms with E-state index in [9.17, 15) is 22.4 Å². The molecule has 2 aromatic rings. The molecule has 0 aromatic heterocycles. The highest BCUT2D eigenvalue weighted by Crippen LogP contribution is 2.42. The van der Waals surface area contributed by atoms with Gasteiger partial charge in [0.2, 0.25) is 0 Å². The molecule has 10 heteroatoms. The van der Waals surface area contributed by atoms with Crippen molar-refractivity contribution in [1.29, 1.82) is 0 Å². The van der Waals surface area contributed by atoms with Crippen LogP contribution >= 0.6 is 0 Å². The van der Waals surface area contributed by atoms with Crippen molar-refractivity contribution in [2.45, 2.75) is 38.5 Å². The van der Waals surface area contributed by atoms with Crippen molar-refractivity contribution in [3.8, 4) is 0 Å².